The van der Waals surface area contributed by atoms with E-state index in [0.29, 0.717) is 28.8 Å². The van der Waals surface area contributed by atoms with Crippen LogP contribution in [0.2, 0.25) is 5.02 Å². The van der Waals surface area contributed by atoms with Gasteiger partial charge in [0.05, 0.1) is 6.61 Å². The maximum atomic E-state index is 12.2. The van der Waals surface area contributed by atoms with E-state index in [1.165, 1.54) is 23.3 Å². The number of aromatic nitrogens is 3. The van der Waals surface area contributed by atoms with Gasteiger partial charge in [-0.1, -0.05) is 37.6 Å². The number of benzene rings is 2. The Morgan fingerprint density at radius 2 is 1.84 bits per heavy atom. The molecule has 0 atom stereocenters. The van der Waals surface area contributed by atoms with Gasteiger partial charge in [-0.05, 0) is 42.3 Å². The minimum absolute atomic E-state index is 0.261. The number of amides is 2. The van der Waals surface area contributed by atoms with Gasteiger partial charge >= 0.3 is 6.09 Å². The Kier molecular flexibility index (Phi) is 7.40. The van der Waals surface area contributed by atoms with Crippen LogP contribution >= 0.6 is 11.6 Å². The van der Waals surface area contributed by atoms with Crippen LogP contribution < -0.4 is 10.6 Å². The first-order chi connectivity index (χ1) is 14.9. The summed E-state index contributed by atoms with van der Waals surface area (Å²) in [5, 5.41) is 10.2. The van der Waals surface area contributed by atoms with E-state index < -0.39 is 6.09 Å². The van der Waals surface area contributed by atoms with Crippen LogP contribution in [-0.4, -0.2) is 33.4 Å². The SMILES string of the molecule is CC(C)COC(=O)Nc1ccc(NC(=O)/C=C/n2cnc(-c3cccc(Cl)c3)n2)cc1. The van der Waals surface area contributed by atoms with Crippen molar-refractivity contribution in [2.75, 3.05) is 17.2 Å². The summed E-state index contributed by atoms with van der Waals surface area (Å²) in [4.78, 5) is 28.0. The predicted octanol–water partition coefficient (Wildman–Crippen LogP) is 4.91. The molecule has 0 fully saturated rings. The first-order valence-corrected chi connectivity index (χ1v) is 9.97. The Labute approximate surface area is 184 Å². The van der Waals surface area contributed by atoms with E-state index in [9.17, 15) is 9.59 Å². The van der Waals surface area contributed by atoms with Gasteiger partial charge in [0.25, 0.3) is 0 Å². The topological polar surface area (TPSA) is 98.1 Å². The molecule has 3 rings (SSSR count). The lowest BCUT2D eigenvalue weighted by Gasteiger charge is -2.09. The Balaban J connectivity index is 1.52. The first-order valence-electron chi connectivity index (χ1n) is 9.59. The third-order valence-electron chi connectivity index (χ3n) is 3.92. The van der Waals surface area contributed by atoms with Crippen molar-refractivity contribution in [1.82, 2.24) is 14.8 Å². The summed E-state index contributed by atoms with van der Waals surface area (Å²) in [6, 6.07) is 13.9. The summed E-state index contributed by atoms with van der Waals surface area (Å²) in [7, 11) is 0. The van der Waals surface area contributed by atoms with E-state index in [4.69, 9.17) is 16.3 Å². The molecule has 0 saturated heterocycles. The molecular formula is C22H22ClN5O3. The molecule has 0 aliphatic carbocycles. The fourth-order valence-corrected chi connectivity index (χ4v) is 2.66. The van der Waals surface area contributed by atoms with Gasteiger partial charge in [0.15, 0.2) is 5.82 Å². The molecule has 2 N–H and O–H groups in total. The molecule has 1 heterocycles. The van der Waals surface area contributed by atoms with Crippen molar-refractivity contribution in [1.29, 1.82) is 0 Å². The summed E-state index contributed by atoms with van der Waals surface area (Å²) in [5.41, 5.74) is 1.93. The number of rotatable bonds is 7. The molecule has 3 aromatic rings. The summed E-state index contributed by atoms with van der Waals surface area (Å²) >= 11 is 5.98. The highest BCUT2D eigenvalue weighted by atomic mass is 35.5. The molecule has 1 aromatic heterocycles. The van der Waals surface area contributed by atoms with Crippen LogP contribution in [0.5, 0.6) is 0 Å². The molecule has 0 radical (unpaired) electrons. The van der Waals surface area contributed by atoms with Crippen molar-refractivity contribution < 1.29 is 14.3 Å². The largest absolute Gasteiger partial charge is 0.449 e. The molecule has 0 unspecified atom stereocenters. The van der Waals surface area contributed by atoms with E-state index >= 15 is 0 Å². The Bertz CT molecular complexity index is 1080. The fraction of sp³-hybridized carbons (Fsp3) is 0.182. The van der Waals surface area contributed by atoms with Crippen LogP contribution in [-0.2, 0) is 9.53 Å². The number of nitrogens with zero attached hydrogens (tertiary/aromatic N) is 3. The number of nitrogens with one attached hydrogen (secondary N) is 2. The molecule has 9 heteroatoms. The highest BCUT2D eigenvalue weighted by molar-refractivity contribution is 6.30. The maximum absolute atomic E-state index is 12.2. The number of hydrogen-bond acceptors (Lipinski definition) is 5. The maximum Gasteiger partial charge on any atom is 0.411 e. The number of halogens is 1. The van der Waals surface area contributed by atoms with Crippen molar-refractivity contribution in [3.05, 3.63) is 66.0 Å². The molecular weight excluding hydrogens is 418 g/mol. The number of hydrogen-bond donors (Lipinski definition) is 2. The minimum atomic E-state index is -0.515. The monoisotopic (exact) mass is 439 g/mol. The van der Waals surface area contributed by atoms with Crippen LogP contribution in [0.15, 0.2) is 60.9 Å². The molecule has 160 valence electrons. The predicted molar refractivity (Wildman–Crippen MR) is 121 cm³/mol. The lowest BCUT2D eigenvalue weighted by Crippen LogP contribution is -2.16. The van der Waals surface area contributed by atoms with Gasteiger partial charge in [-0.2, -0.15) is 0 Å². The van der Waals surface area contributed by atoms with Crippen molar-refractivity contribution in [3.63, 3.8) is 0 Å². The van der Waals surface area contributed by atoms with Gasteiger partial charge in [0, 0.05) is 34.2 Å². The van der Waals surface area contributed by atoms with E-state index in [1.54, 1.807) is 36.4 Å². The zero-order valence-corrected chi connectivity index (χ0v) is 17.8. The van der Waals surface area contributed by atoms with Crippen LogP contribution in [0.3, 0.4) is 0 Å². The summed E-state index contributed by atoms with van der Waals surface area (Å²) in [6.45, 7) is 4.26. The average Bonchev–Trinajstić information content (AvgIpc) is 3.21. The molecule has 2 aromatic carbocycles. The second-order valence-electron chi connectivity index (χ2n) is 7.06. The van der Waals surface area contributed by atoms with Crippen LogP contribution in [0.1, 0.15) is 13.8 Å². The second-order valence-corrected chi connectivity index (χ2v) is 7.49. The first kappa shape index (κ1) is 22.0. The van der Waals surface area contributed by atoms with E-state index in [0.717, 1.165) is 5.56 Å². The minimum Gasteiger partial charge on any atom is -0.449 e. The number of carbonyl (C=O) groups excluding carboxylic acids is 2. The normalized spacial score (nSPS) is 11.0. The quantitative estimate of drug-likeness (QED) is 0.509. The Hall–Kier alpha value is -3.65. The van der Waals surface area contributed by atoms with E-state index in [1.807, 2.05) is 26.0 Å². The van der Waals surface area contributed by atoms with Crippen molar-refractivity contribution >= 4 is 41.2 Å². The van der Waals surface area contributed by atoms with Crippen molar-refractivity contribution in [2.45, 2.75) is 13.8 Å². The fourth-order valence-electron chi connectivity index (χ4n) is 2.47. The van der Waals surface area contributed by atoms with Gasteiger partial charge in [-0.3, -0.25) is 10.1 Å². The summed E-state index contributed by atoms with van der Waals surface area (Å²) in [5.74, 6) is 0.428. The highest BCUT2D eigenvalue weighted by Gasteiger charge is 2.06. The zero-order valence-electron chi connectivity index (χ0n) is 17.1. The van der Waals surface area contributed by atoms with Gasteiger partial charge in [-0.15, -0.1) is 5.10 Å². The van der Waals surface area contributed by atoms with Crippen LogP contribution in [0.25, 0.3) is 17.6 Å². The van der Waals surface area contributed by atoms with Crippen LogP contribution in [0.4, 0.5) is 16.2 Å². The molecule has 0 aliphatic rings. The molecule has 0 aliphatic heterocycles. The smallest absolute Gasteiger partial charge is 0.411 e. The third-order valence-corrected chi connectivity index (χ3v) is 4.15. The number of carbonyl (C=O) groups is 2. The molecule has 0 spiro atoms. The van der Waals surface area contributed by atoms with E-state index in [2.05, 4.69) is 20.7 Å². The lowest BCUT2D eigenvalue weighted by atomic mass is 10.2. The zero-order chi connectivity index (χ0) is 22.2. The Morgan fingerprint density at radius 1 is 1.13 bits per heavy atom. The van der Waals surface area contributed by atoms with E-state index in [-0.39, 0.29) is 11.8 Å². The molecule has 2 amide bonds. The van der Waals surface area contributed by atoms with Gasteiger partial charge < -0.3 is 10.1 Å². The Morgan fingerprint density at radius 3 is 2.52 bits per heavy atom. The lowest BCUT2D eigenvalue weighted by molar-refractivity contribution is -0.111. The molecule has 0 bridgehead atoms. The highest BCUT2D eigenvalue weighted by Crippen LogP contribution is 2.19. The molecule has 8 nitrogen and oxygen atoms in total. The number of ether oxygens (including phenoxy) is 1. The standard InChI is InChI=1S/C22H22ClN5O3/c1-15(2)13-31-22(30)26-19-8-6-18(7-9-19)25-20(29)10-11-28-14-24-21(27-28)16-4-3-5-17(23)12-16/h3-12,14-15H,13H2,1-2H3,(H,25,29)(H,26,30)/b11-10+. The third kappa shape index (κ3) is 6.97. The summed E-state index contributed by atoms with van der Waals surface area (Å²) < 4.78 is 6.50. The van der Waals surface area contributed by atoms with Crippen molar-refractivity contribution in [3.8, 4) is 11.4 Å². The van der Waals surface area contributed by atoms with Crippen molar-refractivity contribution in [2.24, 2.45) is 5.92 Å². The second kappa shape index (κ2) is 10.4. The van der Waals surface area contributed by atoms with Gasteiger partial charge in [0.1, 0.15) is 6.33 Å². The molecule has 0 saturated carbocycles. The van der Waals surface area contributed by atoms with Gasteiger partial charge in [0.2, 0.25) is 5.91 Å². The summed E-state index contributed by atoms with van der Waals surface area (Å²) in [6.07, 6.45) is 3.82. The van der Waals surface area contributed by atoms with Crippen LogP contribution in [0, 0.1) is 5.92 Å². The average molecular weight is 440 g/mol. The van der Waals surface area contributed by atoms with Gasteiger partial charge in [-0.25, -0.2) is 14.5 Å². The molecule has 31 heavy (non-hydrogen) atoms. The number of anilines is 2.